The molecule has 1 saturated heterocycles. The summed E-state index contributed by atoms with van der Waals surface area (Å²) in [5.74, 6) is 1.97. The van der Waals surface area contributed by atoms with Crippen molar-refractivity contribution >= 4 is 0 Å². The smallest absolute Gasteiger partial charge is 0.164 e. The molecule has 0 radical (unpaired) electrons. The quantitative estimate of drug-likeness (QED) is 0.818. The molecule has 1 aliphatic rings. The van der Waals surface area contributed by atoms with Crippen molar-refractivity contribution in [1.82, 2.24) is 9.80 Å². The molecule has 2 rings (SSSR count). The minimum atomic E-state index is -0.131. The summed E-state index contributed by atoms with van der Waals surface area (Å²) >= 11 is 0. The number of rotatable bonds is 7. The molecule has 0 aromatic heterocycles. The van der Waals surface area contributed by atoms with Crippen LogP contribution in [0.15, 0.2) is 12.1 Å². The van der Waals surface area contributed by atoms with Crippen LogP contribution in [0.25, 0.3) is 0 Å². The molecular formula is C18H30N2O4. The number of aliphatic hydroxyl groups is 1. The Labute approximate surface area is 144 Å². The van der Waals surface area contributed by atoms with Crippen LogP contribution in [-0.2, 0) is 0 Å². The molecule has 2 unspecified atom stereocenters. The fraction of sp³-hybridized carbons (Fsp3) is 0.667. The number of hydrogen-bond acceptors (Lipinski definition) is 6. The number of aliphatic hydroxyl groups excluding tert-OH is 1. The molecule has 1 aliphatic heterocycles. The van der Waals surface area contributed by atoms with Gasteiger partial charge in [-0.1, -0.05) is 6.92 Å². The van der Waals surface area contributed by atoms with Gasteiger partial charge in [-0.15, -0.1) is 0 Å². The summed E-state index contributed by atoms with van der Waals surface area (Å²) < 4.78 is 16.3. The van der Waals surface area contributed by atoms with E-state index in [1.807, 2.05) is 12.1 Å². The third-order valence-electron chi connectivity index (χ3n) is 4.88. The topological polar surface area (TPSA) is 54.4 Å². The molecule has 1 fully saturated rings. The first-order chi connectivity index (χ1) is 11.6. The van der Waals surface area contributed by atoms with Crippen LogP contribution in [0.1, 0.15) is 25.5 Å². The van der Waals surface area contributed by atoms with Gasteiger partial charge in [0.05, 0.1) is 34.0 Å². The lowest BCUT2D eigenvalue weighted by Crippen LogP contribution is -2.53. The number of benzene rings is 1. The second-order valence-electron chi connectivity index (χ2n) is 6.13. The first-order valence-corrected chi connectivity index (χ1v) is 8.48. The van der Waals surface area contributed by atoms with Crippen LogP contribution in [0.4, 0.5) is 0 Å². The summed E-state index contributed by atoms with van der Waals surface area (Å²) in [5, 5.41) is 10.1. The van der Waals surface area contributed by atoms with E-state index in [-0.39, 0.29) is 12.6 Å². The molecule has 1 N–H and O–H groups in total. The first-order valence-electron chi connectivity index (χ1n) is 8.48. The third kappa shape index (κ3) is 3.77. The summed E-state index contributed by atoms with van der Waals surface area (Å²) in [4.78, 5) is 4.78. The molecule has 1 heterocycles. The Hall–Kier alpha value is -1.50. The van der Waals surface area contributed by atoms with Crippen LogP contribution in [0.5, 0.6) is 17.2 Å². The zero-order chi connectivity index (χ0) is 17.7. The van der Waals surface area contributed by atoms with E-state index in [0.29, 0.717) is 23.3 Å². The van der Waals surface area contributed by atoms with E-state index in [0.717, 1.165) is 31.7 Å². The van der Waals surface area contributed by atoms with Crippen LogP contribution < -0.4 is 14.2 Å². The number of ether oxygens (including phenoxy) is 3. The number of hydrogen-bond donors (Lipinski definition) is 1. The van der Waals surface area contributed by atoms with Crippen LogP contribution >= 0.6 is 0 Å². The van der Waals surface area contributed by atoms with Gasteiger partial charge in [0.1, 0.15) is 5.75 Å². The molecule has 0 saturated carbocycles. The lowest BCUT2D eigenvalue weighted by molar-refractivity contribution is 0.0261. The maximum atomic E-state index is 10.1. The molecule has 6 nitrogen and oxygen atoms in total. The summed E-state index contributed by atoms with van der Waals surface area (Å²) in [5.41, 5.74) is 0.925. The fourth-order valence-corrected chi connectivity index (χ4v) is 3.49. The van der Waals surface area contributed by atoms with Crippen molar-refractivity contribution in [1.29, 1.82) is 0 Å². The number of likely N-dealkylation sites (N-methyl/N-ethyl adjacent to an activating group) is 1. The Balaban J connectivity index is 2.36. The van der Waals surface area contributed by atoms with Gasteiger partial charge in [0.25, 0.3) is 0 Å². The van der Waals surface area contributed by atoms with E-state index in [1.54, 1.807) is 21.3 Å². The van der Waals surface area contributed by atoms with Crippen LogP contribution in [0.3, 0.4) is 0 Å². The summed E-state index contributed by atoms with van der Waals surface area (Å²) in [6, 6.07) is 3.96. The first kappa shape index (κ1) is 18.8. The van der Waals surface area contributed by atoms with E-state index in [9.17, 15) is 5.11 Å². The van der Waals surface area contributed by atoms with Gasteiger partial charge in [-0.3, -0.25) is 4.90 Å². The van der Waals surface area contributed by atoms with Gasteiger partial charge in [-0.25, -0.2) is 0 Å². The van der Waals surface area contributed by atoms with Crippen molar-refractivity contribution in [3.8, 4) is 17.2 Å². The fourth-order valence-electron chi connectivity index (χ4n) is 3.49. The summed E-state index contributed by atoms with van der Waals surface area (Å²) in [6.07, 6.45) is 0. The minimum Gasteiger partial charge on any atom is -0.496 e. The average Bonchev–Trinajstić information content (AvgIpc) is 2.62. The highest BCUT2D eigenvalue weighted by atomic mass is 16.5. The molecule has 24 heavy (non-hydrogen) atoms. The van der Waals surface area contributed by atoms with Gasteiger partial charge in [0.15, 0.2) is 11.5 Å². The molecule has 2 atom stereocenters. The molecule has 6 heteroatoms. The molecule has 0 aliphatic carbocycles. The second-order valence-corrected chi connectivity index (χ2v) is 6.13. The highest BCUT2D eigenvalue weighted by Gasteiger charge is 2.31. The molecule has 1 aromatic carbocycles. The highest BCUT2D eigenvalue weighted by Crippen LogP contribution is 2.39. The van der Waals surface area contributed by atoms with Crippen LogP contribution in [0, 0.1) is 0 Å². The largest absolute Gasteiger partial charge is 0.496 e. The van der Waals surface area contributed by atoms with E-state index in [4.69, 9.17) is 14.2 Å². The Morgan fingerprint density at radius 2 is 1.71 bits per heavy atom. The Kier molecular flexibility index (Phi) is 6.71. The van der Waals surface area contributed by atoms with Gasteiger partial charge in [-0.2, -0.15) is 0 Å². The molecule has 0 bridgehead atoms. The van der Waals surface area contributed by atoms with Crippen molar-refractivity contribution in [3.63, 3.8) is 0 Å². The Morgan fingerprint density at radius 3 is 2.21 bits per heavy atom. The van der Waals surface area contributed by atoms with Crippen LogP contribution in [-0.4, -0.2) is 75.1 Å². The normalized spacial score (nSPS) is 20.7. The third-order valence-corrected chi connectivity index (χ3v) is 4.88. The number of piperazine rings is 1. The van der Waals surface area contributed by atoms with Gasteiger partial charge in [0, 0.05) is 37.3 Å². The standard InChI is InChI=1S/C18H30N2O4/c1-6-19-7-8-20(13(2)11-19)15(12-21)14-9-17(23-4)18(24-5)10-16(14)22-3/h9-10,13,15,21H,6-8,11-12H2,1-5H3. The monoisotopic (exact) mass is 338 g/mol. The van der Waals surface area contributed by atoms with E-state index >= 15 is 0 Å². The maximum absolute atomic E-state index is 10.1. The molecule has 1 aromatic rings. The minimum absolute atomic E-state index is 0.0301. The predicted octanol–water partition coefficient (Wildman–Crippen LogP) is 1.77. The number of nitrogens with zero attached hydrogens (tertiary/aromatic N) is 2. The van der Waals surface area contributed by atoms with Crippen molar-refractivity contribution in [3.05, 3.63) is 17.7 Å². The zero-order valence-electron chi connectivity index (χ0n) is 15.4. The predicted molar refractivity (Wildman–Crippen MR) is 94.2 cm³/mol. The maximum Gasteiger partial charge on any atom is 0.164 e. The van der Waals surface area contributed by atoms with Gasteiger partial charge < -0.3 is 24.2 Å². The zero-order valence-corrected chi connectivity index (χ0v) is 15.4. The molecule has 0 spiro atoms. The summed E-state index contributed by atoms with van der Waals surface area (Å²) in [6.45, 7) is 8.40. The SMILES string of the molecule is CCN1CCN(C(CO)c2cc(OC)c(OC)cc2OC)C(C)C1. The van der Waals surface area contributed by atoms with E-state index in [1.165, 1.54) is 0 Å². The molecular weight excluding hydrogens is 308 g/mol. The molecule has 0 amide bonds. The van der Waals surface area contributed by atoms with Gasteiger partial charge >= 0.3 is 0 Å². The van der Waals surface area contributed by atoms with Crippen molar-refractivity contribution < 1.29 is 19.3 Å². The molecule has 136 valence electrons. The second kappa shape index (κ2) is 8.55. The summed E-state index contributed by atoms with van der Waals surface area (Å²) in [7, 11) is 4.86. The van der Waals surface area contributed by atoms with Crippen molar-refractivity contribution in [2.24, 2.45) is 0 Å². The Bertz CT molecular complexity index is 538. The average molecular weight is 338 g/mol. The lowest BCUT2D eigenvalue weighted by atomic mass is 10.0. The highest BCUT2D eigenvalue weighted by molar-refractivity contribution is 5.52. The van der Waals surface area contributed by atoms with Crippen LogP contribution in [0.2, 0.25) is 0 Å². The van der Waals surface area contributed by atoms with Gasteiger partial charge in [0.2, 0.25) is 0 Å². The lowest BCUT2D eigenvalue weighted by Gasteiger charge is -2.43. The van der Waals surface area contributed by atoms with E-state index in [2.05, 4.69) is 23.6 Å². The van der Waals surface area contributed by atoms with Crippen molar-refractivity contribution in [2.75, 3.05) is 54.1 Å². The van der Waals surface area contributed by atoms with Crippen molar-refractivity contribution in [2.45, 2.75) is 25.9 Å². The number of methoxy groups -OCH3 is 3. The van der Waals surface area contributed by atoms with E-state index < -0.39 is 0 Å². The Morgan fingerprint density at radius 1 is 1.08 bits per heavy atom. The van der Waals surface area contributed by atoms with Gasteiger partial charge in [-0.05, 0) is 19.5 Å².